The molecule has 1 heterocycles. The smallest absolute Gasteiger partial charge is 0.303 e. The van der Waals surface area contributed by atoms with Crippen molar-refractivity contribution >= 4 is 0 Å². The van der Waals surface area contributed by atoms with Crippen LogP contribution in [0.4, 0.5) is 13.2 Å². The van der Waals surface area contributed by atoms with E-state index in [4.69, 9.17) is 0 Å². The standard InChI is InChI=1S/C13H11F3N2O2/c14-13(15,16)10-9(11(19)18-12(20)17-10)7-6-8-4-2-1-3-5-8/h1-5H,6-7H2,(H2,17,18,19,20). The maximum atomic E-state index is 12.8. The fourth-order valence-electron chi connectivity index (χ4n) is 1.91. The predicted molar refractivity (Wildman–Crippen MR) is 66.5 cm³/mol. The number of aromatic amines is 2. The summed E-state index contributed by atoms with van der Waals surface area (Å²) in [4.78, 5) is 26.0. The van der Waals surface area contributed by atoms with Gasteiger partial charge in [-0.1, -0.05) is 30.3 Å². The molecular formula is C13H11F3N2O2. The number of aryl methyl sites for hydroxylation is 1. The molecule has 20 heavy (non-hydrogen) atoms. The van der Waals surface area contributed by atoms with Gasteiger partial charge in [0.05, 0.1) is 0 Å². The van der Waals surface area contributed by atoms with Crippen molar-refractivity contribution in [2.75, 3.05) is 0 Å². The van der Waals surface area contributed by atoms with E-state index in [1.807, 2.05) is 4.98 Å². The van der Waals surface area contributed by atoms with Crippen molar-refractivity contribution in [2.45, 2.75) is 19.0 Å². The Bertz CT molecular complexity index is 702. The minimum absolute atomic E-state index is 0.106. The predicted octanol–water partition coefficient (Wildman–Crippen LogP) is 1.87. The number of rotatable bonds is 3. The van der Waals surface area contributed by atoms with Gasteiger partial charge in [-0.05, 0) is 18.4 Å². The van der Waals surface area contributed by atoms with Crippen molar-refractivity contribution < 1.29 is 13.2 Å². The molecule has 1 aromatic heterocycles. The number of nitrogens with one attached hydrogen (secondary N) is 2. The van der Waals surface area contributed by atoms with Gasteiger partial charge in [-0.3, -0.25) is 9.78 Å². The normalized spacial score (nSPS) is 11.6. The third-order valence-electron chi connectivity index (χ3n) is 2.83. The van der Waals surface area contributed by atoms with Gasteiger partial charge >= 0.3 is 11.9 Å². The van der Waals surface area contributed by atoms with E-state index in [2.05, 4.69) is 0 Å². The lowest BCUT2D eigenvalue weighted by Gasteiger charge is -2.11. The summed E-state index contributed by atoms with van der Waals surface area (Å²) in [5, 5.41) is 0. The summed E-state index contributed by atoms with van der Waals surface area (Å²) in [6.45, 7) is 0. The largest absolute Gasteiger partial charge is 0.431 e. The first-order chi connectivity index (χ1) is 9.38. The van der Waals surface area contributed by atoms with Crippen LogP contribution in [0.15, 0.2) is 39.9 Å². The van der Waals surface area contributed by atoms with Crippen LogP contribution in [0.3, 0.4) is 0 Å². The Kier molecular flexibility index (Phi) is 3.78. The average Bonchev–Trinajstić information content (AvgIpc) is 2.37. The van der Waals surface area contributed by atoms with E-state index < -0.39 is 28.7 Å². The first kappa shape index (κ1) is 14.1. The highest BCUT2D eigenvalue weighted by molar-refractivity contribution is 5.22. The van der Waals surface area contributed by atoms with Gasteiger partial charge in [-0.15, -0.1) is 0 Å². The molecule has 0 amide bonds. The molecule has 0 spiro atoms. The van der Waals surface area contributed by atoms with Gasteiger partial charge in [0.1, 0.15) is 5.69 Å². The lowest BCUT2D eigenvalue weighted by atomic mass is 10.0. The van der Waals surface area contributed by atoms with Crippen LogP contribution >= 0.6 is 0 Å². The number of hydrogen-bond donors (Lipinski definition) is 2. The molecule has 2 aromatic rings. The first-order valence-electron chi connectivity index (χ1n) is 5.84. The second kappa shape index (κ2) is 5.36. The molecule has 4 nitrogen and oxygen atoms in total. The fourth-order valence-corrected chi connectivity index (χ4v) is 1.91. The van der Waals surface area contributed by atoms with Crippen molar-refractivity contribution in [2.24, 2.45) is 0 Å². The van der Waals surface area contributed by atoms with Gasteiger partial charge in [0, 0.05) is 5.56 Å². The summed E-state index contributed by atoms with van der Waals surface area (Å²) in [6, 6.07) is 8.83. The van der Waals surface area contributed by atoms with E-state index in [0.717, 1.165) is 5.56 Å². The third-order valence-corrected chi connectivity index (χ3v) is 2.83. The molecule has 0 aliphatic carbocycles. The zero-order chi connectivity index (χ0) is 14.8. The fraction of sp³-hybridized carbons (Fsp3) is 0.231. The van der Waals surface area contributed by atoms with Crippen LogP contribution in [0.25, 0.3) is 0 Å². The molecule has 7 heteroatoms. The highest BCUT2D eigenvalue weighted by Crippen LogP contribution is 2.28. The summed E-state index contributed by atoms with van der Waals surface area (Å²) in [5.41, 5.74) is -3.09. The van der Waals surface area contributed by atoms with Gasteiger partial charge in [0.25, 0.3) is 5.56 Å². The molecule has 0 unspecified atom stereocenters. The second-order valence-electron chi connectivity index (χ2n) is 4.25. The highest BCUT2D eigenvalue weighted by Gasteiger charge is 2.35. The van der Waals surface area contributed by atoms with E-state index in [1.54, 1.807) is 35.3 Å². The summed E-state index contributed by atoms with van der Waals surface area (Å²) in [5.74, 6) is 0. The quantitative estimate of drug-likeness (QED) is 0.903. The van der Waals surface area contributed by atoms with E-state index >= 15 is 0 Å². The summed E-state index contributed by atoms with van der Waals surface area (Å²) < 4.78 is 38.4. The maximum Gasteiger partial charge on any atom is 0.431 e. The van der Waals surface area contributed by atoms with Crippen LogP contribution in [0.5, 0.6) is 0 Å². The van der Waals surface area contributed by atoms with Gasteiger partial charge in [0.2, 0.25) is 0 Å². The van der Waals surface area contributed by atoms with Crippen LogP contribution in [0.2, 0.25) is 0 Å². The first-order valence-corrected chi connectivity index (χ1v) is 5.84. The Morgan fingerprint density at radius 1 is 0.950 bits per heavy atom. The summed E-state index contributed by atoms with van der Waals surface area (Å²) in [7, 11) is 0. The monoisotopic (exact) mass is 284 g/mol. The van der Waals surface area contributed by atoms with Gasteiger partial charge in [-0.25, -0.2) is 4.79 Å². The number of H-pyrrole nitrogens is 2. The van der Waals surface area contributed by atoms with Crippen molar-refractivity contribution in [1.29, 1.82) is 0 Å². The van der Waals surface area contributed by atoms with Crippen LogP contribution in [0, 0.1) is 0 Å². The zero-order valence-corrected chi connectivity index (χ0v) is 10.3. The van der Waals surface area contributed by atoms with Gasteiger partial charge in [-0.2, -0.15) is 13.2 Å². The topological polar surface area (TPSA) is 65.7 Å². The molecule has 106 valence electrons. The molecular weight excluding hydrogens is 273 g/mol. The Labute approximate surface area is 111 Å². The van der Waals surface area contributed by atoms with E-state index in [9.17, 15) is 22.8 Å². The van der Waals surface area contributed by atoms with Crippen molar-refractivity contribution in [3.63, 3.8) is 0 Å². The molecule has 0 saturated carbocycles. The lowest BCUT2D eigenvalue weighted by Crippen LogP contribution is -2.31. The maximum absolute atomic E-state index is 12.8. The zero-order valence-electron chi connectivity index (χ0n) is 10.3. The molecule has 0 fully saturated rings. The highest BCUT2D eigenvalue weighted by atomic mass is 19.4. The molecule has 2 N–H and O–H groups in total. The molecule has 1 aromatic carbocycles. The molecule has 2 rings (SSSR count). The Morgan fingerprint density at radius 2 is 1.60 bits per heavy atom. The molecule has 0 atom stereocenters. The number of aromatic nitrogens is 2. The van der Waals surface area contributed by atoms with Crippen molar-refractivity contribution in [3.05, 3.63) is 68.0 Å². The van der Waals surface area contributed by atoms with Crippen LogP contribution in [-0.4, -0.2) is 9.97 Å². The van der Waals surface area contributed by atoms with E-state index in [0.29, 0.717) is 0 Å². The second-order valence-corrected chi connectivity index (χ2v) is 4.25. The van der Waals surface area contributed by atoms with Crippen molar-refractivity contribution in [1.82, 2.24) is 9.97 Å². The number of halogens is 3. The van der Waals surface area contributed by atoms with Crippen LogP contribution in [-0.2, 0) is 19.0 Å². The van der Waals surface area contributed by atoms with Crippen LogP contribution < -0.4 is 11.2 Å². The third kappa shape index (κ3) is 3.17. The minimum Gasteiger partial charge on any atom is -0.303 e. The SMILES string of the molecule is O=c1[nH]c(C(F)(F)F)c(CCc2ccccc2)c(=O)[nH]1. The Morgan fingerprint density at radius 3 is 2.20 bits per heavy atom. The number of hydrogen-bond acceptors (Lipinski definition) is 2. The van der Waals surface area contributed by atoms with Gasteiger partial charge in [0.15, 0.2) is 0 Å². The Hall–Kier alpha value is -2.31. The van der Waals surface area contributed by atoms with E-state index in [-0.39, 0.29) is 12.8 Å². The molecule has 0 saturated heterocycles. The average molecular weight is 284 g/mol. The molecule has 0 bridgehead atoms. The van der Waals surface area contributed by atoms with Gasteiger partial charge < -0.3 is 4.98 Å². The molecule has 0 aliphatic heterocycles. The van der Waals surface area contributed by atoms with Crippen molar-refractivity contribution in [3.8, 4) is 0 Å². The number of alkyl halides is 3. The number of benzene rings is 1. The van der Waals surface area contributed by atoms with E-state index in [1.165, 1.54) is 0 Å². The minimum atomic E-state index is -4.76. The lowest BCUT2D eigenvalue weighted by molar-refractivity contribution is -0.142. The Balaban J connectivity index is 2.36. The van der Waals surface area contributed by atoms with Crippen LogP contribution in [0.1, 0.15) is 16.8 Å². The summed E-state index contributed by atoms with van der Waals surface area (Å²) in [6.07, 6.45) is -4.59. The summed E-state index contributed by atoms with van der Waals surface area (Å²) >= 11 is 0. The molecule has 0 radical (unpaired) electrons. The molecule has 0 aliphatic rings.